The molecular weight excluding hydrogens is 434 g/mol. The van der Waals surface area contributed by atoms with Crippen molar-refractivity contribution in [2.75, 3.05) is 21.3 Å². The van der Waals surface area contributed by atoms with Crippen LogP contribution in [0, 0.1) is 0 Å². The van der Waals surface area contributed by atoms with Crippen molar-refractivity contribution in [2.45, 2.75) is 33.1 Å². The van der Waals surface area contributed by atoms with Gasteiger partial charge in [-0.1, -0.05) is 44.1 Å². The molecule has 0 unspecified atom stereocenters. The summed E-state index contributed by atoms with van der Waals surface area (Å²) in [6.45, 7) is 7.40. The highest BCUT2D eigenvalue weighted by Crippen LogP contribution is 2.35. The van der Waals surface area contributed by atoms with Crippen LogP contribution in [0.5, 0.6) is 0 Å². The predicted octanol–water partition coefficient (Wildman–Crippen LogP) is 5.07. The van der Waals surface area contributed by atoms with Crippen molar-refractivity contribution in [1.82, 2.24) is 5.16 Å². The zero-order valence-electron chi connectivity index (χ0n) is 19.3. The van der Waals surface area contributed by atoms with E-state index in [1.54, 1.807) is 42.5 Å². The van der Waals surface area contributed by atoms with Gasteiger partial charge in [0, 0.05) is 40.9 Å². The first-order valence-corrected chi connectivity index (χ1v) is 10.7. The molecule has 3 aromatic rings. The van der Waals surface area contributed by atoms with Crippen LogP contribution in [0.25, 0.3) is 11.6 Å². The number of amides is 4. The van der Waals surface area contributed by atoms with Crippen LogP contribution in [-0.4, -0.2) is 23.0 Å². The number of hydrogen-bond acceptors (Lipinski definition) is 5. The number of rotatable bonds is 4. The predicted molar refractivity (Wildman–Crippen MR) is 132 cm³/mol. The van der Waals surface area contributed by atoms with E-state index in [9.17, 15) is 14.4 Å². The maximum Gasteiger partial charge on any atom is 0.324 e. The Morgan fingerprint density at radius 1 is 0.971 bits per heavy atom. The molecule has 0 bridgehead atoms. The molecule has 0 fully saturated rings. The van der Waals surface area contributed by atoms with E-state index in [0.717, 1.165) is 11.1 Å². The van der Waals surface area contributed by atoms with Crippen LogP contribution in [0.4, 0.5) is 27.7 Å². The smallest absolute Gasteiger partial charge is 0.324 e. The van der Waals surface area contributed by atoms with Gasteiger partial charge in [0.15, 0.2) is 5.82 Å². The van der Waals surface area contributed by atoms with Crippen LogP contribution < -0.4 is 21.3 Å². The first-order chi connectivity index (χ1) is 16.1. The number of nitrogens with zero attached hydrogens (tertiary/aromatic N) is 1. The SMILES string of the molecule is CC(=O)Nc1ccc(/C=C2\C(=O)Nc3cc(NC(=O)Nc4cc(C(C)(C)C)on4)ccc32)cc1. The van der Waals surface area contributed by atoms with Crippen LogP contribution in [-0.2, 0) is 15.0 Å². The third-order valence-corrected chi connectivity index (χ3v) is 5.09. The number of carbonyl (C=O) groups is 3. The minimum absolute atomic E-state index is 0.149. The van der Waals surface area contributed by atoms with Crippen molar-refractivity contribution < 1.29 is 18.9 Å². The summed E-state index contributed by atoms with van der Waals surface area (Å²) in [6.07, 6.45) is 1.77. The molecule has 4 amide bonds. The highest BCUT2D eigenvalue weighted by molar-refractivity contribution is 6.35. The third kappa shape index (κ3) is 5.15. The molecule has 0 spiro atoms. The highest BCUT2D eigenvalue weighted by Gasteiger charge is 2.25. The molecule has 0 saturated heterocycles. The molecule has 1 aliphatic rings. The second-order valence-corrected chi connectivity index (χ2v) is 8.98. The monoisotopic (exact) mass is 459 g/mol. The number of fused-ring (bicyclic) bond motifs is 1. The number of anilines is 4. The summed E-state index contributed by atoms with van der Waals surface area (Å²) in [5.74, 6) is 0.586. The molecule has 1 aliphatic heterocycles. The van der Waals surface area contributed by atoms with Gasteiger partial charge in [0.1, 0.15) is 5.76 Å². The van der Waals surface area contributed by atoms with Gasteiger partial charge in [0.05, 0.1) is 5.69 Å². The van der Waals surface area contributed by atoms with E-state index < -0.39 is 6.03 Å². The van der Waals surface area contributed by atoms with E-state index in [0.29, 0.717) is 34.2 Å². The van der Waals surface area contributed by atoms with Crippen LogP contribution in [0.15, 0.2) is 53.1 Å². The molecule has 2 aromatic carbocycles. The minimum atomic E-state index is -0.479. The molecule has 9 heteroatoms. The van der Waals surface area contributed by atoms with E-state index in [1.165, 1.54) is 6.92 Å². The fourth-order valence-corrected chi connectivity index (χ4v) is 3.41. The number of aromatic nitrogens is 1. The number of carbonyl (C=O) groups excluding carboxylic acids is 3. The lowest BCUT2D eigenvalue weighted by Gasteiger charge is -2.12. The highest BCUT2D eigenvalue weighted by atomic mass is 16.5. The molecule has 4 N–H and O–H groups in total. The maximum absolute atomic E-state index is 12.6. The van der Waals surface area contributed by atoms with Gasteiger partial charge in [-0.15, -0.1) is 0 Å². The van der Waals surface area contributed by atoms with Crippen LogP contribution in [0.2, 0.25) is 0 Å². The van der Waals surface area contributed by atoms with E-state index in [1.807, 2.05) is 32.9 Å². The molecule has 0 atom stereocenters. The summed E-state index contributed by atoms with van der Waals surface area (Å²) in [5.41, 5.74) is 3.62. The van der Waals surface area contributed by atoms with Gasteiger partial charge in [-0.2, -0.15) is 0 Å². The van der Waals surface area contributed by atoms with Crippen LogP contribution >= 0.6 is 0 Å². The Morgan fingerprint density at radius 3 is 2.32 bits per heavy atom. The summed E-state index contributed by atoms with van der Waals surface area (Å²) in [4.78, 5) is 36.1. The van der Waals surface area contributed by atoms with Gasteiger partial charge in [0.25, 0.3) is 5.91 Å². The summed E-state index contributed by atoms with van der Waals surface area (Å²) in [6, 6.07) is 13.6. The van der Waals surface area contributed by atoms with Gasteiger partial charge < -0.3 is 20.5 Å². The standard InChI is InChI=1S/C25H25N5O4/c1-14(31)26-16-7-5-15(6-8-16)11-19-18-10-9-17(12-20(18)28-23(19)32)27-24(33)29-22-13-21(34-30-22)25(2,3)4/h5-13H,1-4H3,(H,26,31)(H,28,32)(H2,27,29,30,33)/b19-11-. The third-order valence-electron chi connectivity index (χ3n) is 5.09. The van der Waals surface area contributed by atoms with Crippen molar-refractivity contribution in [2.24, 2.45) is 0 Å². The first kappa shape index (κ1) is 22.8. The lowest BCUT2D eigenvalue weighted by atomic mass is 9.93. The van der Waals surface area contributed by atoms with Gasteiger partial charge in [0.2, 0.25) is 5.91 Å². The van der Waals surface area contributed by atoms with Crippen LogP contribution in [0.1, 0.15) is 44.6 Å². The molecule has 9 nitrogen and oxygen atoms in total. The van der Waals surface area contributed by atoms with Gasteiger partial charge in [-0.25, -0.2) is 4.79 Å². The Kier molecular flexibility index (Phi) is 5.93. The Balaban J connectivity index is 1.46. The molecule has 0 aliphatic carbocycles. The summed E-state index contributed by atoms with van der Waals surface area (Å²) < 4.78 is 5.27. The Labute approximate surface area is 196 Å². The Bertz CT molecular complexity index is 1300. The summed E-state index contributed by atoms with van der Waals surface area (Å²) in [7, 11) is 0. The summed E-state index contributed by atoms with van der Waals surface area (Å²) >= 11 is 0. The Morgan fingerprint density at radius 2 is 1.68 bits per heavy atom. The van der Waals surface area contributed by atoms with E-state index in [4.69, 9.17) is 4.52 Å². The maximum atomic E-state index is 12.6. The summed E-state index contributed by atoms with van der Waals surface area (Å²) in [5, 5.41) is 14.8. The molecule has 174 valence electrons. The van der Waals surface area contributed by atoms with E-state index in [2.05, 4.69) is 26.4 Å². The second kappa shape index (κ2) is 8.86. The largest absolute Gasteiger partial charge is 0.359 e. The molecule has 0 saturated carbocycles. The molecule has 4 rings (SSSR count). The lowest BCUT2D eigenvalue weighted by molar-refractivity contribution is -0.114. The number of hydrogen-bond donors (Lipinski definition) is 4. The normalized spacial score (nSPS) is 13.9. The quantitative estimate of drug-likeness (QED) is 0.406. The zero-order chi connectivity index (χ0) is 24.5. The van der Waals surface area contributed by atoms with Crippen molar-refractivity contribution in [3.05, 3.63) is 65.4 Å². The van der Waals surface area contributed by atoms with E-state index >= 15 is 0 Å². The molecular formula is C25H25N5O4. The fourth-order valence-electron chi connectivity index (χ4n) is 3.41. The zero-order valence-corrected chi connectivity index (χ0v) is 19.3. The first-order valence-electron chi connectivity index (χ1n) is 10.7. The van der Waals surface area contributed by atoms with Crippen molar-refractivity contribution in [3.8, 4) is 0 Å². The van der Waals surface area contributed by atoms with E-state index in [-0.39, 0.29) is 17.2 Å². The van der Waals surface area contributed by atoms with Gasteiger partial charge >= 0.3 is 6.03 Å². The van der Waals surface area contributed by atoms with Crippen molar-refractivity contribution >= 4 is 52.4 Å². The number of urea groups is 1. The topological polar surface area (TPSA) is 125 Å². The molecule has 2 heterocycles. The fraction of sp³-hybridized carbons (Fsp3) is 0.200. The van der Waals surface area contributed by atoms with Gasteiger partial charge in [-0.05, 0) is 35.9 Å². The van der Waals surface area contributed by atoms with Crippen LogP contribution in [0.3, 0.4) is 0 Å². The molecule has 34 heavy (non-hydrogen) atoms. The lowest BCUT2D eigenvalue weighted by Crippen LogP contribution is -2.19. The molecule has 0 radical (unpaired) electrons. The average molecular weight is 460 g/mol. The average Bonchev–Trinajstić information content (AvgIpc) is 3.33. The second-order valence-electron chi connectivity index (χ2n) is 8.98. The van der Waals surface area contributed by atoms with Crippen molar-refractivity contribution in [3.63, 3.8) is 0 Å². The number of benzene rings is 2. The van der Waals surface area contributed by atoms with Crippen molar-refractivity contribution in [1.29, 1.82) is 0 Å². The number of nitrogens with one attached hydrogen (secondary N) is 4. The Hall–Kier alpha value is -4.40. The van der Waals surface area contributed by atoms with Gasteiger partial charge in [-0.3, -0.25) is 14.9 Å². The minimum Gasteiger partial charge on any atom is -0.359 e. The molecule has 1 aromatic heterocycles.